The topological polar surface area (TPSA) is 54.2 Å². The minimum atomic E-state index is 0.357. The highest BCUT2D eigenvalue weighted by Crippen LogP contribution is 2.43. The lowest BCUT2D eigenvalue weighted by atomic mass is 9.82. The fourth-order valence-corrected chi connectivity index (χ4v) is 4.25. The van der Waals surface area contributed by atoms with Crippen LogP contribution in [0.4, 0.5) is 5.82 Å². The second-order valence-corrected chi connectivity index (χ2v) is 6.69. The molecule has 0 spiro atoms. The Morgan fingerprint density at radius 2 is 2.10 bits per heavy atom. The van der Waals surface area contributed by atoms with E-state index in [1.807, 2.05) is 6.07 Å². The van der Waals surface area contributed by atoms with Gasteiger partial charge in [-0.3, -0.25) is 0 Å². The van der Waals surface area contributed by atoms with Gasteiger partial charge in [-0.15, -0.1) is 0 Å². The number of fused-ring (bicyclic) bond motifs is 2. The Labute approximate surface area is 128 Å². The lowest BCUT2D eigenvalue weighted by Gasteiger charge is -2.40. The fraction of sp³-hybridized carbons (Fsp3) is 0.706. The molecule has 0 radical (unpaired) electrons. The van der Waals surface area contributed by atoms with Gasteiger partial charge >= 0.3 is 0 Å². The van der Waals surface area contributed by atoms with E-state index in [1.54, 1.807) is 6.20 Å². The molecule has 0 amide bonds. The summed E-state index contributed by atoms with van der Waals surface area (Å²) in [7, 11) is 2.30. The molecule has 4 heteroatoms. The first-order valence-corrected chi connectivity index (χ1v) is 8.36. The SMILES string of the molecule is CCCNC(c1cccnc1N)C1CC2CCC(C1)N2C. The average Bonchev–Trinajstić information content (AvgIpc) is 2.72. The summed E-state index contributed by atoms with van der Waals surface area (Å²) in [6, 6.07) is 6.04. The Kier molecular flexibility index (Phi) is 4.45. The maximum atomic E-state index is 6.15. The number of nitrogens with one attached hydrogen (secondary N) is 1. The van der Waals surface area contributed by atoms with Crippen LogP contribution in [-0.2, 0) is 0 Å². The van der Waals surface area contributed by atoms with Crippen molar-refractivity contribution in [3.8, 4) is 0 Å². The largest absolute Gasteiger partial charge is 0.383 e. The zero-order chi connectivity index (χ0) is 14.8. The van der Waals surface area contributed by atoms with Gasteiger partial charge in [0.25, 0.3) is 0 Å². The fourth-order valence-electron chi connectivity index (χ4n) is 4.25. The molecule has 3 unspecified atom stereocenters. The summed E-state index contributed by atoms with van der Waals surface area (Å²) in [5, 5.41) is 3.74. The number of hydrogen-bond acceptors (Lipinski definition) is 4. The molecule has 2 aliphatic heterocycles. The van der Waals surface area contributed by atoms with Gasteiger partial charge in [0.1, 0.15) is 5.82 Å². The summed E-state index contributed by atoms with van der Waals surface area (Å²) < 4.78 is 0. The summed E-state index contributed by atoms with van der Waals surface area (Å²) in [6.45, 7) is 3.26. The molecule has 2 bridgehead atoms. The molecule has 0 aromatic carbocycles. The van der Waals surface area contributed by atoms with Crippen molar-refractivity contribution in [3.05, 3.63) is 23.9 Å². The Bertz CT molecular complexity index is 462. The van der Waals surface area contributed by atoms with E-state index in [2.05, 4.69) is 35.2 Å². The Morgan fingerprint density at radius 1 is 1.38 bits per heavy atom. The van der Waals surface area contributed by atoms with Crippen molar-refractivity contribution in [2.24, 2.45) is 5.92 Å². The first-order valence-electron chi connectivity index (χ1n) is 8.36. The van der Waals surface area contributed by atoms with Gasteiger partial charge in [0, 0.05) is 29.9 Å². The van der Waals surface area contributed by atoms with Gasteiger partial charge in [-0.2, -0.15) is 0 Å². The highest BCUT2D eigenvalue weighted by atomic mass is 15.2. The number of aromatic nitrogens is 1. The number of nitrogen functional groups attached to an aromatic ring is 1. The quantitative estimate of drug-likeness (QED) is 0.874. The second kappa shape index (κ2) is 6.32. The normalized spacial score (nSPS) is 30.5. The van der Waals surface area contributed by atoms with E-state index in [0.717, 1.165) is 25.0 Å². The van der Waals surface area contributed by atoms with Gasteiger partial charge in [0.15, 0.2) is 0 Å². The Morgan fingerprint density at radius 3 is 2.71 bits per heavy atom. The van der Waals surface area contributed by atoms with Crippen molar-refractivity contribution in [1.29, 1.82) is 0 Å². The van der Waals surface area contributed by atoms with Crippen LogP contribution in [0.15, 0.2) is 18.3 Å². The van der Waals surface area contributed by atoms with Crippen LogP contribution in [0.25, 0.3) is 0 Å². The van der Waals surface area contributed by atoms with Crippen LogP contribution in [0.2, 0.25) is 0 Å². The van der Waals surface area contributed by atoms with E-state index in [9.17, 15) is 0 Å². The molecule has 1 aromatic heterocycles. The Hall–Kier alpha value is -1.13. The van der Waals surface area contributed by atoms with E-state index in [0.29, 0.717) is 17.8 Å². The van der Waals surface area contributed by atoms with Crippen LogP contribution < -0.4 is 11.1 Å². The summed E-state index contributed by atoms with van der Waals surface area (Å²) in [5.41, 5.74) is 7.34. The number of pyridine rings is 1. The highest BCUT2D eigenvalue weighted by molar-refractivity contribution is 5.41. The van der Waals surface area contributed by atoms with Crippen molar-refractivity contribution >= 4 is 5.82 Å². The smallest absolute Gasteiger partial charge is 0.128 e. The van der Waals surface area contributed by atoms with Gasteiger partial charge in [-0.05, 0) is 57.7 Å². The van der Waals surface area contributed by atoms with E-state index in [4.69, 9.17) is 5.73 Å². The van der Waals surface area contributed by atoms with E-state index < -0.39 is 0 Å². The third-order valence-corrected chi connectivity index (χ3v) is 5.43. The van der Waals surface area contributed by atoms with Crippen LogP contribution in [0.5, 0.6) is 0 Å². The van der Waals surface area contributed by atoms with Crippen LogP contribution in [0, 0.1) is 5.92 Å². The molecule has 0 aliphatic carbocycles. The van der Waals surface area contributed by atoms with Gasteiger partial charge in [0.05, 0.1) is 0 Å². The molecule has 3 rings (SSSR count). The molecule has 0 saturated carbocycles. The van der Waals surface area contributed by atoms with E-state index in [1.165, 1.54) is 31.2 Å². The number of rotatable bonds is 5. The van der Waals surface area contributed by atoms with Gasteiger partial charge in [-0.1, -0.05) is 13.0 Å². The maximum Gasteiger partial charge on any atom is 0.128 e. The summed E-state index contributed by atoms with van der Waals surface area (Å²) in [6.07, 6.45) is 8.22. The summed E-state index contributed by atoms with van der Waals surface area (Å²) >= 11 is 0. The molecule has 3 N–H and O–H groups in total. The number of hydrogen-bond donors (Lipinski definition) is 2. The molecule has 2 fully saturated rings. The minimum Gasteiger partial charge on any atom is -0.383 e. The molecule has 116 valence electrons. The van der Waals surface area contributed by atoms with E-state index in [-0.39, 0.29) is 0 Å². The molecule has 4 nitrogen and oxygen atoms in total. The monoisotopic (exact) mass is 288 g/mol. The molecule has 1 aromatic rings. The zero-order valence-corrected chi connectivity index (χ0v) is 13.3. The van der Waals surface area contributed by atoms with Crippen LogP contribution in [0.1, 0.15) is 50.6 Å². The van der Waals surface area contributed by atoms with Crippen LogP contribution in [0.3, 0.4) is 0 Å². The molecule has 3 heterocycles. The third kappa shape index (κ3) is 2.92. The van der Waals surface area contributed by atoms with Crippen molar-refractivity contribution in [2.45, 2.75) is 57.2 Å². The predicted octanol–water partition coefficient (Wildman–Crippen LogP) is 2.58. The second-order valence-electron chi connectivity index (χ2n) is 6.69. The molecule has 2 aliphatic rings. The minimum absolute atomic E-state index is 0.357. The van der Waals surface area contributed by atoms with Crippen molar-refractivity contribution in [1.82, 2.24) is 15.2 Å². The lowest BCUT2D eigenvalue weighted by molar-refractivity contribution is 0.112. The first kappa shape index (κ1) is 14.8. The zero-order valence-electron chi connectivity index (χ0n) is 13.3. The molecule has 3 atom stereocenters. The summed E-state index contributed by atoms with van der Waals surface area (Å²) in [5.74, 6) is 1.37. The Balaban J connectivity index is 1.81. The number of nitrogens with two attached hydrogens (primary N) is 1. The molecule has 2 saturated heterocycles. The molecule has 21 heavy (non-hydrogen) atoms. The lowest BCUT2D eigenvalue weighted by Crippen LogP contribution is -2.44. The maximum absolute atomic E-state index is 6.15. The van der Waals surface area contributed by atoms with Gasteiger partial charge in [0.2, 0.25) is 0 Å². The van der Waals surface area contributed by atoms with Gasteiger partial charge < -0.3 is 16.0 Å². The van der Waals surface area contributed by atoms with Crippen LogP contribution in [-0.4, -0.2) is 35.6 Å². The number of anilines is 1. The van der Waals surface area contributed by atoms with E-state index >= 15 is 0 Å². The summed E-state index contributed by atoms with van der Waals surface area (Å²) in [4.78, 5) is 6.90. The number of nitrogens with zero attached hydrogens (tertiary/aromatic N) is 2. The van der Waals surface area contributed by atoms with Crippen molar-refractivity contribution < 1.29 is 0 Å². The average molecular weight is 288 g/mol. The predicted molar refractivity (Wildman–Crippen MR) is 87.0 cm³/mol. The van der Waals surface area contributed by atoms with Gasteiger partial charge in [-0.25, -0.2) is 4.98 Å². The van der Waals surface area contributed by atoms with Crippen LogP contribution >= 0.6 is 0 Å². The number of piperidine rings is 1. The molecular weight excluding hydrogens is 260 g/mol. The standard InChI is InChI=1S/C17H28N4/c1-3-8-19-16(15-5-4-9-20-17(15)18)12-10-13-6-7-14(11-12)21(13)2/h4-5,9,12-14,16,19H,3,6-8,10-11H2,1-2H3,(H2,18,20). The van der Waals surface area contributed by atoms with Crippen molar-refractivity contribution in [3.63, 3.8) is 0 Å². The third-order valence-electron chi connectivity index (χ3n) is 5.43. The highest BCUT2D eigenvalue weighted by Gasteiger charge is 2.41. The first-order chi connectivity index (χ1) is 10.2. The molecular formula is C17H28N4. The van der Waals surface area contributed by atoms with Crippen molar-refractivity contribution in [2.75, 3.05) is 19.3 Å².